The van der Waals surface area contributed by atoms with Crippen LogP contribution < -0.4 is 10.9 Å². The van der Waals surface area contributed by atoms with Crippen LogP contribution >= 0.6 is 0 Å². The molecule has 25 heavy (non-hydrogen) atoms. The largest absolute Gasteiger partial charge is 0.270 e. The Balaban J connectivity index is 1.81. The minimum atomic E-state index is -0.614. The van der Waals surface area contributed by atoms with Crippen molar-refractivity contribution in [3.8, 4) is 0 Å². The van der Waals surface area contributed by atoms with Gasteiger partial charge in [0, 0.05) is 16.6 Å². The monoisotopic (exact) mass is 341 g/mol. The summed E-state index contributed by atoms with van der Waals surface area (Å²) in [6.45, 7) is 1.71. The average molecular weight is 341 g/mol. The van der Waals surface area contributed by atoms with Gasteiger partial charge in [-0.1, -0.05) is 0 Å². The van der Waals surface area contributed by atoms with Crippen LogP contribution in [0.5, 0.6) is 0 Å². The summed E-state index contributed by atoms with van der Waals surface area (Å²) >= 11 is 0. The number of hydrogen-bond acceptors (Lipinski definition) is 3. The number of rotatable bonds is 2. The van der Waals surface area contributed by atoms with Gasteiger partial charge in [0.2, 0.25) is 0 Å². The lowest BCUT2D eigenvalue weighted by molar-refractivity contribution is 0.0847. The molecule has 0 aliphatic heterocycles. The molecule has 5 nitrogen and oxygen atoms in total. The Labute approximate surface area is 141 Å². The van der Waals surface area contributed by atoms with Crippen molar-refractivity contribution in [2.24, 2.45) is 0 Å². The number of hydrazine groups is 1. The smallest absolute Gasteiger partial charge is 0.267 e. The molecule has 2 aromatic carbocycles. The SMILES string of the molecule is Cc1cc(C(=O)NNC(=O)c2ccc(F)cc2)c2cc(F)ccc2n1. The van der Waals surface area contributed by atoms with Crippen molar-refractivity contribution in [3.63, 3.8) is 0 Å². The summed E-state index contributed by atoms with van der Waals surface area (Å²) in [6.07, 6.45) is 0. The minimum absolute atomic E-state index is 0.182. The molecule has 3 aromatic rings. The molecule has 1 heterocycles. The Morgan fingerprint density at radius 3 is 2.24 bits per heavy atom. The van der Waals surface area contributed by atoms with Crippen molar-refractivity contribution >= 4 is 22.7 Å². The van der Waals surface area contributed by atoms with E-state index < -0.39 is 23.4 Å². The quantitative estimate of drug-likeness (QED) is 0.704. The molecule has 0 aliphatic rings. The molecule has 7 heteroatoms. The van der Waals surface area contributed by atoms with Gasteiger partial charge in [-0.05, 0) is 55.5 Å². The first-order valence-corrected chi connectivity index (χ1v) is 7.37. The van der Waals surface area contributed by atoms with Crippen LogP contribution in [0.25, 0.3) is 10.9 Å². The second kappa shape index (κ2) is 6.64. The lowest BCUT2D eigenvalue weighted by atomic mass is 10.1. The van der Waals surface area contributed by atoms with Crippen molar-refractivity contribution < 1.29 is 18.4 Å². The van der Waals surface area contributed by atoms with E-state index in [2.05, 4.69) is 15.8 Å². The highest BCUT2D eigenvalue weighted by atomic mass is 19.1. The van der Waals surface area contributed by atoms with Gasteiger partial charge < -0.3 is 0 Å². The Bertz CT molecular complexity index is 972. The molecule has 0 saturated heterocycles. The summed E-state index contributed by atoms with van der Waals surface area (Å²) < 4.78 is 26.4. The number of aryl methyl sites for hydroxylation is 1. The molecule has 0 atom stereocenters. The topological polar surface area (TPSA) is 71.1 Å². The number of fused-ring (bicyclic) bond motifs is 1. The second-order valence-electron chi connectivity index (χ2n) is 5.39. The first-order chi connectivity index (χ1) is 11.9. The Morgan fingerprint density at radius 2 is 1.52 bits per heavy atom. The summed E-state index contributed by atoms with van der Waals surface area (Å²) in [5.41, 5.74) is 5.92. The highest BCUT2D eigenvalue weighted by Crippen LogP contribution is 2.19. The zero-order valence-electron chi connectivity index (χ0n) is 13.1. The van der Waals surface area contributed by atoms with Crippen LogP contribution in [0.2, 0.25) is 0 Å². The molecule has 1 aromatic heterocycles. The summed E-state index contributed by atoms with van der Waals surface area (Å²) in [6, 6.07) is 10.3. The maximum absolute atomic E-state index is 13.5. The molecule has 2 amide bonds. The summed E-state index contributed by atoms with van der Waals surface area (Å²) in [4.78, 5) is 28.6. The van der Waals surface area contributed by atoms with Gasteiger partial charge in [-0.2, -0.15) is 0 Å². The summed E-state index contributed by atoms with van der Waals surface area (Å²) in [5, 5.41) is 0.333. The van der Waals surface area contributed by atoms with Crippen LogP contribution in [-0.4, -0.2) is 16.8 Å². The van der Waals surface area contributed by atoms with Gasteiger partial charge in [0.05, 0.1) is 11.1 Å². The van der Waals surface area contributed by atoms with E-state index in [0.29, 0.717) is 16.6 Å². The molecule has 0 aliphatic carbocycles. The van der Waals surface area contributed by atoms with Crippen LogP contribution in [0.1, 0.15) is 26.4 Å². The van der Waals surface area contributed by atoms with Gasteiger partial charge in [0.25, 0.3) is 11.8 Å². The van der Waals surface area contributed by atoms with Gasteiger partial charge in [-0.15, -0.1) is 0 Å². The van der Waals surface area contributed by atoms with Gasteiger partial charge in [0.15, 0.2) is 0 Å². The molecule has 3 rings (SSSR count). The molecule has 2 N–H and O–H groups in total. The van der Waals surface area contributed by atoms with E-state index in [4.69, 9.17) is 0 Å². The predicted octanol–water partition coefficient (Wildman–Crippen LogP) is 2.90. The molecular formula is C18H13F2N3O2. The van der Waals surface area contributed by atoms with E-state index in [-0.39, 0.29) is 11.1 Å². The number of hydrogen-bond donors (Lipinski definition) is 2. The van der Waals surface area contributed by atoms with Gasteiger partial charge in [-0.3, -0.25) is 25.4 Å². The average Bonchev–Trinajstić information content (AvgIpc) is 2.59. The van der Waals surface area contributed by atoms with Gasteiger partial charge in [-0.25, -0.2) is 8.78 Å². The zero-order chi connectivity index (χ0) is 18.0. The van der Waals surface area contributed by atoms with Gasteiger partial charge >= 0.3 is 0 Å². The van der Waals surface area contributed by atoms with E-state index in [0.717, 1.165) is 12.1 Å². The normalized spacial score (nSPS) is 10.5. The lowest BCUT2D eigenvalue weighted by Gasteiger charge is -2.10. The summed E-state index contributed by atoms with van der Waals surface area (Å²) in [5.74, 6) is -2.19. The number of nitrogens with zero attached hydrogens (tertiary/aromatic N) is 1. The van der Waals surface area contributed by atoms with E-state index in [9.17, 15) is 18.4 Å². The molecular weight excluding hydrogens is 328 g/mol. The molecule has 0 radical (unpaired) electrons. The molecule has 0 saturated carbocycles. The third-order valence-electron chi connectivity index (χ3n) is 3.54. The minimum Gasteiger partial charge on any atom is -0.267 e. The molecule has 0 unspecified atom stereocenters. The Hall–Kier alpha value is -3.35. The van der Waals surface area contributed by atoms with Crippen LogP contribution in [-0.2, 0) is 0 Å². The Kier molecular flexibility index (Phi) is 4.38. The molecule has 0 spiro atoms. The fourth-order valence-corrected chi connectivity index (χ4v) is 2.37. The first-order valence-electron chi connectivity index (χ1n) is 7.37. The van der Waals surface area contributed by atoms with Crippen molar-refractivity contribution in [2.75, 3.05) is 0 Å². The third kappa shape index (κ3) is 3.60. The number of carbonyl (C=O) groups is 2. The van der Waals surface area contributed by atoms with Gasteiger partial charge in [0.1, 0.15) is 11.6 Å². The van der Waals surface area contributed by atoms with Crippen molar-refractivity contribution in [1.82, 2.24) is 15.8 Å². The van der Waals surface area contributed by atoms with Crippen LogP contribution in [0.4, 0.5) is 8.78 Å². The summed E-state index contributed by atoms with van der Waals surface area (Å²) in [7, 11) is 0. The lowest BCUT2D eigenvalue weighted by Crippen LogP contribution is -2.41. The third-order valence-corrected chi connectivity index (χ3v) is 3.54. The Morgan fingerprint density at radius 1 is 0.880 bits per heavy atom. The number of carbonyl (C=O) groups excluding carboxylic acids is 2. The number of nitrogens with one attached hydrogen (secondary N) is 2. The van der Waals surface area contributed by atoms with E-state index in [1.165, 1.54) is 36.4 Å². The molecule has 0 fully saturated rings. The van der Waals surface area contributed by atoms with Crippen LogP contribution in [0, 0.1) is 18.6 Å². The standard InChI is InChI=1S/C18H13F2N3O2/c1-10-8-15(14-9-13(20)6-7-16(14)21-10)18(25)23-22-17(24)11-2-4-12(19)5-3-11/h2-9H,1H3,(H,22,24)(H,23,25). The number of amides is 2. The maximum Gasteiger partial charge on any atom is 0.270 e. The number of aromatic nitrogens is 1. The van der Waals surface area contributed by atoms with Crippen LogP contribution in [0.3, 0.4) is 0 Å². The zero-order valence-corrected chi connectivity index (χ0v) is 13.1. The number of halogens is 2. The van der Waals surface area contributed by atoms with Crippen molar-refractivity contribution in [3.05, 3.63) is 77.0 Å². The molecule has 126 valence electrons. The fourth-order valence-electron chi connectivity index (χ4n) is 2.37. The van der Waals surface area contributed by atoms with E-state index in [1.807, 2.05) is 0 Å². The van der Waals surface area contributed by atoms with Crippen LogP contribution in [0.15, 0.2) is 48.5 Å². The predicted molar refractivity (Wildman–Crippen MR) is 87.8 cm³/mol. The molecule has 0 bridgehead atoms. The highest BCUT2D eigenvalue weighted by molar-refractivity contribution is 6.07. The second-order valence-corrected chi connectivity index (χ2v) is 5.39. The van der Waals surface area contributed by atoms with Crippen molar-refractivity contribution in [1.29, 1.82) is 0 Å². The first kappa shape index (κ1) is 16.5. The fraction of sp³-hybridized carbons (Fsp3) is 0.0556. The van der Waals surface area contributed by atoms with E-state index in [1.54, 1.807) is 6.92 Å². The van der Waals surface area contributed by atoms with E-state index >= 15 is 0 Å². The number of pyridine rings is 1. The number of benzene rings is 2. The highest BCUT2D eigenvalue weighted by Gasteiger charge is 2.14. The van der Waals surface area contributed by atoms with Crippen molar-refractivity contribution in [2.45, 2.75) is 6.92 Å². The maximum atomic E-state index is 13.5.